The third-order valence-corrected chi connectivity index (χ3v) is 2.88. The van der Waals surface area contributed by atoms with Crippen molar-refractivity contribution < 1.29 is 0 Å². The second-order valence-corrected chi connectivity index (χ2v) is 3.83. The molecule has 1 aromatic heterocycles. The molecule has 0 fully saturated rings. The van der Waals surface area contributed by atoms with Crippen LogP contribution in [0.3, 0.4) is 0 Å². The SMILES string of the molecule is CCC1N=Cc2nc(=O)c3ccccc3n21. The minimum Gasteiger partial charge on any atom is -0.301 e. The van der Waals surface area contributed by atoms with Crippen LogP contribution >= 0.6 is 0 Å². The number of aliphatic imine (C=N–C) groups is 1. The van der Waals surface area contributed by atoms with Gasteiger partial charge in [0.25, 0.3) is 5.56 Å². The largest absolute Gasteiger partial charge is 0.301 e. The molecule has 1 aliphatic rings. The normalized spacial score (nSPS) is 17.9. The van der Waals surface area contributed by atoms with Crippen LogP contribution in [0.2, 0.25) is 0 Å². The van der Waals surface area contributed by atoms with Gasteiger partial charge in [0.15, 0.2) is 5.82 Å². The van der Waals surface area contributed by atoms with Gasteiger partial charge in [-0.2, -0.15) is 4.98 Å². The summed E-state index contributed by atoms with van der Waals surface area (Å²) in [5, 5.41) is 0.662. The van der Waals surface area contributed by atoms with Crippen molar-refractivity contribution in [1.82, 2.24) is 9.55 Å². The molecular weight excluding hydrogens is 202 g/mol. The Labute approximate surface area is 92.3 Å². The lowest BCUT2D eigenvalue weighted by Crippen LogP contribution is -2.17. The minimum absolute atomic E-state index is 0.0769. The Morgan fingerprint density at radius 2 is 2.19 bits per heavy atom. The van der Waals surface area contributed by atoms with E-state index in [0.29, 0.717) is 11.2 Å². The number of hydrogen-bond donors (Lipinski definition) is 0. The Morgan fingerprint density at radius 1 is 1.38 bits per heavy atom. The molecule has 0 radical (unpaired) electrons. The molecule has 1 unspecified atom stereocenters. The van der Waals surface area contributed by atoms with Crippen LogP contribution in [0.1, 0.15) is 25.3 Å². The van der Waals surface area contributed by atoms with Crippen LogP contribution in [0, 0.1) is 0 Å². The topological polar surface area (TPSA) is 47.2 Å². The fourth-order valence-electron chi connectivity index (χ4n) is 2.12. The van der Waals surface area contributed by atoms with Crippen LogP contribution < -0.4 is 5.56 Å². The molecule has 3 rings (SSSR count). The highest BCUT2D eigenvalue weighted by molar-refractivity contribution is 5.85. The first kappa shape index (κ1) is 9.27. The van der Waals surface area contributed by atoms with E-state index in [4.69, 9.17) is 0 Å². The van der Waals surface area contributed by atoms with E-state index in [1.54, 1.807) is 6.21 Å². The third kappa shape index (κ3) is 1.13. The average molecular weight is 213 g/mol. The van der Waals surface area contributed by atoms with Gasteiger partial charge >= 0.3 is 0 Å². The van der Waals surface area contributed by atoms with Crippen molar-refractivity contribution in [3.63, 3.8) is 0 Å². The fourth-order valence-corrected chi connectivity index (χ4v) is 2.12. The van der Waals surface area contributed by atoms with Gasteiger partial charge in [0, 0.05) is 0 Å². The van der Waals surface area contributed by atoms with E-state index in [-0.39, 0.29) is 11.7 Å². The number of benzene rings is 1. The molecule has 2 aromatic rings. The fraction of sp³-hybridized carbons (Fsp3) is 0.250. The summed E-state index contributed by atoms with van der Waals surface area (Å²) in [7, 11) is 0. The maximum Gasteiger partial charge on any atom is 0.281 e. The Bertz CT molecular complexity index is 642. The lowest BCUT2D eigenvalue weighted by molar-refractivity contribution is 0.533. The summed E-state index contributed by atoms with van der Waals surface area (Å²) in [4.78, 5) is 20.1. The van der Waals surface area contributed by atoms with E-state index in [2.05, 4.69) is 16.9 Å². The molecule has 0 aliphatic carbocycles. The number of nitrogens with zero attached hydrogens (tertiary/aromatic N) is 3. The van der Waals surface area contributed by atoms with Crippen LogP contribution in [-0.4, -0.2) is 15.8 Å². The van der Waals surface area contributed by atoms with Crippen LogP contribution in [0.15, 0.2) is 34.1 Å². The van der Waals surface area contributed by atoms with Crippen LogP contribution in [0.25, 0.3) is 10.9 Å². The van der Waals surface area contributed by atoms with Crippen molar-refractivity contribution in [2.24, 2.45) is 4.99 Å². The second-order valence-electron chi connectivity index (χ2n) is 3.83. The van der Waals surface area contributed by atoms with Gasteiger partial charge in [0.05, 0.1) is 17.1 Å². The standard InChI is InChI=1S/C12H11N3O/c1-2-10-13-7-11-14-12(16)8-5-3-4-6-9(8)15(10)11/h3-7,10H,2H2,1H3. The van der Waals surface area contributed by atoms with Gasteiger partial charge in [-0.05, 0) is 18.6 Å². The van der Waals surface area contributed by atoms with E-state index in [1.807, 2.05) is 28.8 Å². The predicted molar refractivity (Wildman–Crippen MR) is 62.9 cm³/mol. The summed E-state index contributed by atoms with van der Waals surface area (Å²) < 4.78 is 2.02. The van der Waals surface area contributed by atoms with Crippen LogP contribution in [0.4, 0.5) is 0 Å². The third-order valence-electron chi connectivity index (χ3n) is 2.88. The molecular formula is C12H11N3O. The summed E-state index contributed by atoms with van der Waals surface area (Å²) in [6, 6.07) is 7.54. The minimum atomic E-state index is -0.176. The van der Waals surface area contributed by atoms with Gasteiger partial charge in [-0.15, -0.1) is 0 Å². The van der Waals surface area contributed by atoms with E-state index >= 15 is 0 Å². The zero-order valence-corrected chi connectivity index (χ0v) is 8.92. The van der Waals surface area contributed by atoms with Gasteiger partial charge in [-0.3, -0.25) is 9.79 Å². The van der Waals surface area contributed by atoms with E-state index in [9.17, 15) is 4.79 Å². The lowest BCUT2D eigenvalue weighted by Gasteiger charge is -2.13. The summed E-state index contributed by atoms with van der Waals surface area (Å²) >= 11 is 0. The zero-order chi connectivity index (χ0) is 11.1. The first-order valence-electron chi connectivity index (χ1n) is 5.35. The Kier molecular flexibility index (Phi) is 1.89. The summed E-state index contributed by atoms with van der Waals surface area (Å²) in [5.41, 5.74) is 0.743. The molecule has 16 heavy (non-hydrogen) atoms. The summed E-state index contributed by atoms with van der Waals surface area (Å²) in [5.74, 6) is 0.663. The van der Waals surface area contributed by atoms with Crippen molar-refractivity contribution >= 4 is 17.1 Å². The summed E-state index contributed by atoms with van der Waals surface area (Å²) in [6.45, 7) is 2.07. The second kappa shape index (κ2) is 3.27. The lowest BCUT2D eigenvalue weighted by atomic mass is 10.2. The molecule has 2 heterocycles. The van der Waals surface area contributed by atoms with E-state index in [1.165, 1.54) is 0 Å². The number of hydrogen-bond acceptors (Lipinski definition) is 3. The molecule has 0 saturated heterocycles. The summed E-state index contributed by atoms with van der Waals surface area (Å²) in [6.07, 6.45) is 2.66. The van der Waals surface area contributed by atoms with Crippen molar-refractivity contribution in [2.75, 3.05) is 0 Å². The Morgan fingerprint density at radius 3 is 3.00 bits per heavy atom. The molecule has 4 nitrogen and oxygen atoms in total. The smallest absolute Gasteiger partial charge is 0.281 e. The molecule has 0 N–H and O–H groups in total. The van der Waals surface area contributed by atoms with E-state index in [0.717, 1.165) is 11.9 Å². The highest BCUT2D eigenvalue weighted by atomic mass is 16.1. The zero-order valence-electron chi connectivity index (χ0n) is 8.92. The maximum absolute atomic E-state index is 11.7. The molecule has 0 bridgehead atoms. The number of rotatable bonds is 1. The molecule has 80 valence electrons. The molecule has 0 amide bonds. The Hall–Kier alpha value is -1.97. The van der Waals surface area contributed by atoms with Gasteiger partial charge < -0.3 is 4.57 Å². The quantitative estimate of drug-likeness (QED) is 0.724. The molecule has 0 saturated carbocycles. The highest BCUT2D eigenvalue weighted by Crippen LogP contribution is 2.24. The predicted octanol–water partition coefficient (Wildman–Crippen LogP) is 1.74. The van der Waals surface area contributed by atoms with E-state index < -0.39 is 0 Å². The Balaban J connectivity index is 2.45. The highest BCUT2D eigenvalue weighted by Gasteiger charge is 2.19. The molecule has 1 aliphatic heterocycles. The van der Waals surface area contributed by atoms with Gasteiger partial charge in [0.2, 0.25) is 0 Å². The molecule has 0 spiro atoms. The molecule has 1 aromatic carbocycles. The monoisotopic (exact) mass is 213 g/mol. The van der Waals surface area contributed by atoms with Gasteiger partial charge in [0.1, 0.15) is 6.17 Å². The number of para-hydroxylation sites is 1. The first-order chi connectivity index (χ1) is 7.81. The molecule has 1 atom stereocenters. The number of fused-ring (bicyclic) bond motifs is 3. The van der Waals surface area contributed by atoms with Crippen molar-refractivity contribution in [3.05, 3.63) is 40.4 Å². The van der Waals surface area contributed by atoms with Gasteiger partial charge in [-0.1, -0.05) is 19.1 Å². The van der Waals surface area contributed by atoms with Crippen molar-refractivity contribution in [1.29, 1.82) is 0 Å². The average Bonchev–Trinajstić information content (AvgIpc) is 2.72. The van der Waals surface area contributed by atoms with Crippen molar-refractivity contribution in [2.45, 2.75) is 19.5 Å². The maximum atomic E-state index is 11.7. The number of aromatic nitrogens is 2. The van der Waals surface area contributed by atoms with Gasteiger partial charge in [-0.25, -0.2) is 0 Å². The first-order valence-corrected chi connectivity index (χ1v) is 5.35. The van der Waals surface area contributed by atoms with Crippen LogP contribution in [-0.2, 0) is 0 Å². The van der Waals surface area contributed by atoms with Crippen molar-refractivity contribution in [3.8, 4) is 0 Å². The molecule has 4 heteroatoms. The van der Waals surface area contributed by atoms with Crippen LogP contribution in [0.5, 0.6) is 0 Å².